The Hall–Kier alpha value is -3.44. The number of benzene rings is 2. The van der Waals surface area contributed by atoms with Crippen LogP contribution >= 0.6 is 11.6 Å². The Labute approximate surface area is 172 Å². The molecule has 0 unspecified atom stereocenters. The van der Waals surface area contributed by atoms with Crippen molar-refractivity contribution >= 4 is 23.2 Å². The molecule has 0 aliphatic heterocycles. The van der Waals surface area contributed by atoms with E-state index in [9.17, 15) is 9.59 Å². The van der Waals surface area contributed by atoms with E-state index in [0.717, 1.165) is 11.1 Å². The van der Waals surface area contributed by atoms with Crippen molar-refractivity contribution in [3.63, 3.8) is 0 Å². The SMILES string of the molecule is CC(=O)OCc1nc2c(-c3ccccc3)cc(Cl)cn2c(=O)c1-c1ccccc1. The Balaban J connectivity index is 2.05. The molecule has 0 aliphatic rings. The van der Waals surface area contributed by atoms with Crippen molar-refractivity contribution in [2.75, 3.05) is 0 Å². The molecule has 2 heterocycles. The molecular weight excluding hydrogens is 388 g/mol. The van der Waals surface area contributed by atoms with Crippen molar-refractivity contribution in [3.05, 3.63) is 94.0 Å². The summed E-state index contributed by atoms with van der Waals surface area (Å²) in [5, 5.41) is 0.423. The minimum atomic E-state index is -0.439. The van der Waals surface area contributed by atoms with Crippen LogP contribution in [0.2, 0.25) is 5.02 Å². The summed E-state index contributed by atoms with van der Waals surface area (Å²) in [6.45, 7) is 1.23. The fraction of sp³-hybridized carbons (Fsp3) is 0.0870. The number of hydrogen-bond donors (Lipinski definition) is 0. The van der Waals surface area contributed by atoms with Gasteiger partial charge in [0.05, 0.1) is 16.3 Å². The minimum absolute atomic E-state index is 0.0951. The molecule has 0 spiro atoms. The lowest BCUT2D eigenvalue weighted by Crippen LogP contribution is -2.21. The van der Waals surface area contributed by atoms with Gasteiger partial charge in [0.1, 0.15) is 12.3 Å². The van der Waals surface area contributed by atoms with Gasteiger partial charge in [-0.2, -0.15) is 0 Å². The Morgan fingerprint density at radius 3 is 2.28 bits per heavy atom. The first-order valence-corrected chi connectivity index (χ1v) is 9.41. The highest BCUT2D eigenvalue weighted by atomic mass is 35.5. The molecule has 4 aromatic rings. The predicted molar refractivity (Wildman–Crippen MR) is 113 cm³/mol. The summed E-state index contributed by atoms with van der Waals surface area (Å²) in [4.78, 5) is 29.6. The van der Waals surface area contributed by atoms with E-state index in [4.69, 9.17) is 21.3 Å². The van der Waals surface area contributed by atoms with Crippen LogP contribution in [0.25, 0.3) is 27.9 Å². The van der Waals surface area contributed by atoms with Crippen LogP contribution in [0, 0.1) is 0 Å². The van der Waals surface area contributed by atoms with Gasteiger partial charge >= 0.3 is 5.97 Å². The highest BCUT2D eigenvalue weighted by molar-refractivity contribution is 6.30. The number of aromatic nitrogens is 2. The number of pyridine rings is 1. The van der Waals surface area contributed by atoms with Crippen LogP contribution in [-0.4, -0.2) is 15.4 Å². The lowest BCUT2D eigenvalue weighted by atomic mass is 10.0. The fourth-order valence-electron chi connectivity index (χ4n) is 3.25. The Kier molecular flexibility index (Phi) is 5.14. The maximum Gasteiger partial charge on any atom is 0.303 e. The molecule has 144 valence electrons. The predicted octanol–water partition coefficient (Wildman–Crippen LogP) is 4.75. The van der Waals surface area contributed by atoms with Crippen molar-refractivity contribution in [3.8, 4) is 22.3 Å². The fourth-order valence-corrected chi connectivity index (χ4v) is 3.46. The zero-order chi connectivity index (χ0) is 20.4. The van der Waals surface area contributed by atoms with E-state index < -0.39 is 5.97 Å². The normalized spacial score (nSPS) is 10.8. The van der Waals surface area contributed by atoms with Gasteiger partial charge in [-0.1, -0.05) is 72.3 Å². The van der Waals surface area contributed by atoms with Crippen LogP contribution in [0.3, 0.4) is 0 Å². The van der Waals surface area contributed by atoms with Crippen LogP contribution in [0.5, 0.6) is 0 Å². The molecule has 0 N–H and O–H groups in total. The monoisotopic (exact) mass is 404 g/mol. The highest BCUT2D eigenvalue weighted by Gasteiger charge is 2.18. The van der Waals surface area contributed by atoms with Gasteiger partial charge in [0.2, 0.25) is 0 Å². The molecule has 5 nitrogen and oxygen atoms in total. The number of nitrogens with zero attached hydrogens (tertiary/aromatic N) is 2. The maximum atomic E-state index is 13.5. The van der Waals surface area contributed by atoms with Crippen LogP contribution in [0.4, 0.5) is 0 Å². The zero-order valence-corrected chi connectivity index (χ0v) is 16.4. The van der Waals surface area contributed by atoms with Crippen LogP contribution in [0.15, 0.2) is 77.7 Å². The Morgan fingerprint density at radius 2 is 1.66 bits per heavy atom. The largest absolute Gasteiger partial charge is 0.459 e. The van der Waals surface area contributed by atoms with Crippen LogP contribution in [0.1, 0.15) is 12.6 Å². The van der Waals surface area contributed by atoms with Crippen molar-refractivity contribution < 1.29 is 9.53 Å². The number of carbonyl (C=O) groups is 1. The van der Waals surface area contributed by atoms with Gasteiger partial charge in [0, 0.05) is 18.7 Å². The molecule has 0 bridgehead atoms. The van der Waals surface area contributed by atoms with Gasteiger partial charge in [-0.05, 0) is 17.2 Å². The number of fused-ring (bicyclic) bond motifs is 1. The van der Waals surface area contributed by atoms with Crippen LogP contribution < -0.4 is 5.56 Å². The third-order valence-corrected chi connectivity index (χ3v) is 4.73. The molecule has 0 atom stereocenters. The van der Waals surface area contributed by atoms with Crippen molar-refractivity contribution in [2.45, 2.75) is 13.5 Å². The number of carbonyl (C=O) groups excluding carboxylic acids is 1. The molecule has 0 radical (unpaired) electrons. The van der Waals surface area contributed by atoms with Gasteiger partial charge in [0.15, 0.2) is 0 Å². The Morgan fingerprint density at radius 1 is 1.03 bits per heavy atom. The van der Waals surface area contributed by atoms with Crippen molar-refractivity contribution in [1.29, 1.82) is 0 Å². The molecule has 0 saturated heterocycles. The molecule has 2 aromatic heterocycles. The Bertz CT molecular complexity index is 1250. The molecule has 2 aromatic carbocycles. The van der Waals surface area contributed by atoms with Gasteiger partial charge < -0.3 is 4.74 Å². The molecule has 4 rings (SSSR count). The summed E-state index contributed by atoms with van der Waals surface area (Å²) in [7, 11) is 0. The molecule has 0 saturated carbocycles. The molecule has 29 heavy (non-hydrogen) atoms. The van der Waals surface area contributed by atoms with E-state index in [0.29, 0.717) is 27.5 Å². The quantitative estimate of drug-likeness (QED) is 0.461. The van der Waals surface area contributed by atoms with E-state index in [2.05, 4.69) is 0 Å². The van der Waals surface area contributed by atoms with Crippen molar-refractivity contribution in [2.24, 2.45) is 0 Å². The first-order valence-electron chi connectivity index (χ1n) is 9.03. The van der Waals surface area contributed by atoms with Crippen molar-refractivity contribution in [1.82, 2.24) is 9.38 Å². The number of hydrogen-bond acceptors (Lipinski definition) is 4. The summed E-state index contributed by atoms with van der Waals surface area (Å²) in [5.74, 6) is -0.439. The van der Waals surface area contributed by atoms with Gasteiger partial charge in [-0.3, -0.25) is 14.0 Å². The van der Waals surface area contributed by atoms with E-state index in [-0.39, 0.29) is 12.2 Å². The molecule has 0 fully saturated rings. The second kappa shape index (κ2) is 7.89. The first kappa shape index (κ1) is 18.9. The van der Waals surface area contributed by atoms with E-state index in [1.54, 1.807) is 12.3 Å². The molecule has 6 heteroatoms. The number of halogens is 1. The molecule has 0 aliphatic carbocycles. The lowest BCUT2D eigenvalue weighted by Gasteiger charge is -2.14. The average Bonchev–Trinajstić information content (AvgIpc) is 2.73. The third kappa shape index (κ3) is 3.77. The standard InChI is InChI=1S/C23H17ClN2O3/c1-15(27)29-14-20-21(17-10-6-3-7-11-17)23(28)26-13-18(24)12-19(22(26)25-20)16-8-4-2-5-9-16/h2-13H,14H2,1H3. The summed E-state index contributed by atoms with van der Waals surface area (Å²) >= 11 is 6.33. The zero-order valence-electron chi connectivity index (χ0n) is 15.6. The maximum absolute atomic E-state index is 13.5. The van der Waals surface area contributed by atoms with Crippen LogP contribution in [-0.2, 0) is 16.1 Å². The van der Waals surface area contributed by atoms with Gasteiger partial charge in [-0.25, -0.2) is 4.98 Å². The topological polar surface area (TPSA) is 60.7 Å². The average molecular weight is 405 g/mol. The lowest BCUT2D eigenvalue weighted by molar-refractivity contribution is -0.142. The molecule has 0 amide bonds. The summed E-state index contributed by atoms with van der Waals surface area (Å²) in [5.41, 5.74) is 3.25. The van der Waals surface area contributed by atoms with E-state index in [1.165, 1.54) is 11.3 Å². The first-order chi connectivity index (χ1) is 14.0. The summed E-state index contributed by atoms with van der Waals surface area (Å²) < 4.78 is 6.64. The van der Waals surface area contributed by atoms with Gasteiger partial charge in [0.25, 0.3) is 5.56 Å². The highest BCUT2D eigenvalue weighted by Crippen LogP contribution is 2.28. The van der Waals surface area contributed by atoms with E-state index in [1.807, 2.05) is 60.7 Å². The molecular formula is C23H17ClN2O3. The summed E-state index contributed by atoms with van der Waals surface area (Å²) in [6, 6.07) is 20.5. The summed E-state index contributed by atoms with van der Waals surface area (Å²) in [6.07, 6.45) is 1.56. The van der Waals surface area contributed by atoms with E-state index >= 15 is 0 Å². The second-order valence-electron chi connectivity index (χ2n) is 6.52. The smallest absolute Gasteiger partial charge is 0.303 e. The minimum Gasteiger partial charge on any atom is -0.459 e. The number of esters is 1. The van der Waals surface area contributed by atoms with Gasteiger partial charge in [-0.15, -0.1) is 0 Å². The third-order valence-electron chi connectivity index (χ3n) is 4.53. The number of rotatable bonds is 4. The second-order valence-corrected chi connectivity index (χ2v) is 6.95. The number of ether oxygens (including phenoxy) is 1.